The summed E-state index contributed by atoms with van der Waals surface area (Å²) in [6.07, 6.45) is -4.64. The van der Waals surface area contributed by atoms with Crippen molar-refractivity contribution in [2.24, 2.45) is 0 Å². The summed E-state index contributed by atoms with van der Waals surface area (Å²) in [5, 5.41) is 12.6. The van der Waals surface area contributed by atoms with Gasteiger partial charge in [-0.15, -0.1) is 0 Å². The molecule has 0 atom stereocenters. The molecule has 2 heterocycles. The molecule has 0 aromatic rings. The second kappa shape index (κ2) is 4.38. The third kappa shape index (κ3) is 2.57. The summed E-state index contributed by atoms with van der Waals surface area (Å²) in [4.78, 5) is 0. The van der Waals surface area contributed by atoms with E-state index in [-0.39, 0.29) is 45.8 Å². The maximum absolute atomic E-state index is 13.0. The van der Waals surface area contributed by atoms with Crippen molar-refractivity contribution in [2.75, 3.05) is 32.9 Å². The first-order valence-electron chi connectivity index (χ1n) is 5.59. The Morgan fingerprint density at radius 2 is 1.82 bits per heavy atom. The molecule has 0 aromatic carbocycles. The molecule has 7 heteroatoms. The number of piperidine rings is 1. The van der Waals surface area contributed by atoms with Gasteiger partial charge in [-0.2, -0.15) is 13.2 Å². The summed E-state index contributed by atoms with van der Waals surface area (Å²) in [5.41, 5.74) is -3.37. The van der Waals surface area contributed by atoms with E-state index in [0.29, 0.717) is 0 Å². The van der Waals surface area contributed by atoms with Gasteiger partial charge in [0.15, 0.2) is 5.60 Å². The van der Waals surface area contributed by atoms with E-state index in [9.17, 15) is 18.3 Å². The highest BCUT2D eigenvalue weighted by molar-refractivity contribution is 4.95. The number of nitrogens with one attached hydrogen (secondary N) is 1. The fourth-order valence-electron chi connectivity index (χ4n) is 2.03. The smallest absolute Gasteiger partial charge is 0.383 e. The Kier molecular flexibility index (Phi) is 3.37. The van der Waals surface area contributed by atoms with E-state index < -0.39 is 17.4 Å². The second-order valence-corrected chi connectivity index (χ2v) is 4.75. The molecule has 0 amide bonds. The molecular formula is C10H16F3NO3. The van der Waals surface area contributed by atoms with E-state index in [0.717, 1.165) is 0 Å². The Morgan fingerprint density at radius 3 is 2.24 bits per heavy atom. The third-order valence-electron chi connectivity index (χ3n) is 3.29. The molecule has 0 aliphatic carbocycles. The number of hydrogen-bond acceptors (Lipinski definition) is 4. The van der Waals surface area contributed by atoms with Crippen LogP contribution in [0, 0.1) is 0 Å². The fourth-order valence-corrected chi connectivity index (χ4v) is 2.03. The Hall–Kier alpha value is -0.370. The molecule has 2 fully saturated rings. The van der Waals surface area contributed by atoms with Crippen LogP contribution in [0.15, 0.2) is 0 Å². The molecule has 100 valence electrons. The standard InChI is InChI=1S/C10H16F3NO3/c11-10(12,13)9(1-3-14-4-2-9)17-7-8(15)5-16-6-8/h14-15H,1-7H2. The van der Waals surface area contributed by atoms with Crippen LogP contribution in [-0.4, -0.2) is 55.4 Å². The highest BCUT2D eigenvalue weighted by atomic mass is 19.4. The average Bonchev–Trinajstić information content (AvgIpc) is 2.23. The van der Waals surface area contributed by atoms with Gasteiger partial charge < -0.3 is 19.9 Å². The molecule has 17 heavy (non-hydrogen) atoms. The molecular weight excluding hydrogens is 239 g/mol. The third-order valence-corrected chi connectivity index (χ3v) is 3.29. The Morgan fingerprint density at radius 1 is 1.24 bits per heavy atom. The average molecular weight is 255 g/mol. The number of rotatable bonds is 3. The zero-order valence-corrected chi connectivity index (χ0v) is 9.35. The van der Waals surface area contributed by atoms with Crippen molar-refractivity contribution < 1.29 is 27.8 Å². The minimum absolute atomic E-state index is 0.0409. The highest BCUT2D eigenvalue weighted by Gasteiger charge is 2.57. The predicted molar refractivity (Wildman–Crippen MR) is 52.6 cm³/mol. The van der Waals surface area contributed by atoms with Gasteiger partial charge in [-0.05, 0) is 25.9 Å². The van der Waals surface area contributed by atoms with Gasteiger partial charge in [-0.1, -0.05) is 0 Å². The topological polar surface area (TPSA) is 50.7 Å². The lowest BCUT2D eigenvalue weighted by molar-refractivity contribution is -0.309. The van der Waals surface area contributed by atoms with Crippen molar-refractivity contribution in [3.05, 3.63) is 0 Å². The van der Waals surface area contributed by atoms with Crippen LogP contribution in [0.1, 0.15) is 12.8 Å². The van der Waals surface area contributed by atoms with Crippen molar-refractivity contribution in [3.8, 4) is 0 Å². The molecule has 2 rings (SSSR count). The van der Waals surface area contributed by atoms with Gasteiger partial charge in [0, 0.05) is 0 Å². The number of hydrogen-bond donors (Lipinski definition) is 2. The van der Waals surface area contributed by atoms with Gasteiger partial charge >= 0.3 is 6.18 Å². The van der Waals surface area contributed by atoms with E-state index in [1.54, 1.807) is 0 Å². The van der Waals surface area contributed by atoms with Gasteiger partial charge in [0.2, 0.25) is 0 Å². The van der Waals surface area contributed by atoms with Crippen LogP contribution < -0.4 is 5.32 Å². The summed E-state index contributed by atoms with van der Waals surface area (Å²) >= 11 is 0. The Labute approximate surface area is 97.1 Å². The summed E-state index contributed by atoms with van der Waals surface area (Å²) in [7, 11) is 0. The van der Waals surface area contributed by atoms with Crippen LogP contribution >= 0.6 is 0 Å². The summed E-state index contributed by atoms with van der Waals surface area (Å²) in [6, 6.07) is 0. The SMILES string of the molecule is OC1(COC2(C(F)(F)F)CCNCC2)COC1. The van der Waals surface area contributed by atoms with E-state index in [1.165, 1.54) is 0 Å². The first kappa shape index (κ1) is 13.1. The quantitative estimate of drug-likeness (QED) is 0.768. The Balaban J connectivity index is 2.00. The molecule has 2 N–H and O–H groups in total. The van der Waals surface area contributed by atoms with Gasteiger partial charge in [0.25, 0.3) is 0 Å². The number of aliphatic hydroxyl groups is 1. The lowest BCUT2D eigenvalue weighted by Gasteiger charge is -2.43. The minimum atomic E-state index is -4.41. The number of halogens is 3. The first-order valence-corrected chi connectivity index (χ1v) is 5.59. The monoisotopic (exact) mass is 255 g/mol. The van der Waals surface area contributed by atoms with E-state index in [4.69, 9.17) is 9.47 Å². The van der Waals surface area contributed by atoms with Crippen LogP contribution in [0.3, 0.4) is 0 Å². The minimum Gasteiger partial charge on any atom is -0.383 e. The van der Waals surface area contributed by atoms with Crippen molar-refractivity contribution in [1.29, 1.82) is 0 Å². The van der Waals surface area contributed by atoms with Crippen LogP contribution in [0.5, 0.6) is 0 Å². The van der Waals surface area contributed by atoms with Gasteiger partial charge in [0.1, 0.15) is 5.60 Å². The molecule has 2 aliphatic heterocycles. The normalized spacial score (nSPS) is 27.5. The molecule has 0 spiro atoms. The van der Waals surface area contributed by atoms with Crippen molar-refractivity contribution in [3.63, 3.8) is 0 Å². The maximum atomic E-state index is 13.0. The lowest BCUT2D eigenvalue weighted by atomic mass is 9.91. The first-order chi connectivity index (χ1) is 7.87. The lowest BCUT2D eigenvalue weighted by Crippen LogP contribution is -2.59. The van der Waals surface area contributed by atoms with E-state index in [1.807, 2.05) is 0 Å². The highest BCUT2D eigenvalue weighted by Crippen LogP contribution is 2.41. The van der Waals surface area contributed by atoms with Crippen molar-refractivity contribution in [1.82, 2.24) is 5.32 Å². The second-order valence-electron chi connectivity index (χ2n) is 4.75. The van der Waals surface area contributed by atoms with Crippen molar-refractivity contribution >= 4 is 0 Å². The molecule has 4 nitrogen and oxygen atoms in total. The van der Waals surface area contributed by atoms with Crippen LogP contribution in [-0.2, 0) is 9.47 Å². The molecule has 0 saturated carbocycles. The zero-order chi connectivity index (χ0) is 12.6. The molecule has 2 aliphatic rings. The van der Waals surface area contributed by atoms with E-state index >= 15 is 0 Å². The molecule has 0 radical (unpaired) electrons. The molecule has 0 aromatic heterocycles. The number of ether oxygens (including phenoxy) is 2. The fraction of sp³-hybridized carbons (Fsp3) is 1.00. The molecule has 0 unspecified atom stereocenters. The Bertz CT molecular complexity index is 272. The largest absolute Gasteiger partial charge is 0.417 e. The zero-order valence-electron chi connectivity index (χ0n) is 9.35. The maximum Gasteiger partial charge on any atom is 0.417 e. The predicted octanol–water partition coefficient (Wildman–Crippen LogP) is 0.449. The summed E-state index contributed by atoms with van der Waals surface area (Å²) in [5.74, 6) is 0. The van der Waals surface area contributed by atoms with Crippen molar-refractivity contribution in [2.45, 2.75) is 30.2 Å². The van der Waals surface area contributed by atoms with Crippen LogP contribution in [0.2, 0.25) is 0 Å². The van der Waals surface area contributed by atoms with Gasteiger partial charge in [-0.25, -0.2) is 0 Å². The van der Waals surface area contributed by atoms with E-state index in [2.05, 4.69) is 5.32 Å². The van der Waals surface area contributed by atoms with Gasteiger partial charge in [0.05, 0.1) is 19.8 Å². The van der Waals surface area contributed by atoms with Gasteiger partial charge in [-0.3, -0.25) is 0 Å². The summed E-state index contributed by atoms with van der Waals surface area (Å²) in [6.45, 7) is 0.299. The summed E-state index contributed by atoms with van der Waals surface area (Å²) < 4.78 is 48.9. The van der Waals surface area contributed by atoms with Crippen LogP contribution in [0.25, 0.3) is 0 Å². The molecule has 2 saturated heterocycles. The van der Waals surface area contributed by atoms with Crippen LogP contribution in [0.4, 0.5) is 13.2 Å². The molecule has 0 bridgehead atoms. The number of alkyl halides is 3.